The Morgan fingerprint density at radius 2 is 1.70 bits per heavy atom. The number of carbonyl (C=O) groups is 2. The fourth-order valence-corrected chi connectivity index (χ4v) is 1.52. The van der Waals surface area contributed by atoms with Crippen LogP contribution in [-0.2, 0) is 0 Å². The molecule has 7 nitrogen and oxygen atoms in total. The van der Waals surface area contributed by atoms with Crippen LogP contribution in [0.5, 0.6) is 0 Å². The van der Waals surface area contributed by atoms with Crippen molar-refractivity contribution in [1.82, 2.24) is 9.97 Å². The van der Waals surface area contributed by atoms with Crippen LogP contribution in [0, 0.1) is 0 Å². The Morgan fingerprint density at radius 1 is 1.05 bits per heavy atom. The number of carboxylic acid groups (broad SMARTS) is 1. The highest BCUT2D eigenvalue weighted by atomic mass is 35.5. The second-order valence-electron chi connectivity index (χ2n) is 3.64. The number of anilines is 2. The third-order valence-electron chi connectivity index (χ3n) is 2.23. The molecule has 1 aromatic heterocycles. The smallest absolute Gasteiger partial charge is 0.358 e. The van der Waals surface area contributed by atoms with Crippen molar-refractivity contribution in [2.45, 2.75) is 0 Å². The van der Waals surface area contributed by atoms with Crippen molar-refractivity contribution in [3.63, 3.8) is 0 Å². The topological polar surface area (TPSA) is 104 Å². The predicted molar refractivity (Wildman–Crippen MR) is 73.1 cm³/mol. The minimum atomic E-state index is -1.28. The third-order valence-corrected chi connectivity index (χ3v) is 2.49. The number of nitrogens with zero attached hydrogens (tertiary/aromatic N) is 2. The van der Waals surface area contributed by atoms with Crippen molar-refractivity contribution in [3.05, 3.63) is 47.4 Å². The molecule has 102 valence electrons. The summed E-state index contributed by atoms with van der Waals surface area (Å²) in [6, 6.07) is 5.81. The lowest BCUT2D eigenvalue weighted by molar-refractivity contribution is 0.0691. The van der Waals surface area contributed by atoms with Gasteiger partial charge in [-0.25, -0.2) is 19.6 Å². The summed E-state index contributed by atoms with van der Waals surface area (Å²) in [5.41, 5.74) is 0.173. The van der Waals surface area contributed by atoms with Gasteiger partial charge in [0.2, 0.25) is 0 Å². The first-order valence-corrected chi connectivity index (χ1v) is 5.82. The normalized spacial score (nSPS) is 9.85. The van der Waals surface area contributed by atoms with E-state index < -0.39 is 12.0 Å². The van der Waals surface area contributed by atoms with E-state index in [9.17, 15) is 9.59 Å². The van der Waals surface area contributed by atoms with Crippen LogP contribution in [0.2, 0.25) is 5.02 Å². The van der Waals surface area contributed by atoms with Crippen molar-refractivity contribution in [2.75, 3.05) is 10.6 Å². The molecule has 0 spiro atoms. The van der Waals surface area contributed by atoms with Gasteiger partial charge < -0.3 is 10.4 Å². The molecule has 2 rings (SSSR count). The fourth-order valence-electron chi connectivity index (χ4n) is 1.39. The number of urea groups is 1. The van der Waals surface area contributed by atoms with E-state index in [0.717, 1.165) is 0 Å². The van der Waals surface area contributed by atoms with Gasteiger partial charge in [0.25, 0.3) is 0 Å². The number of nitrogens with one attached hydrogen (secondary N) is 2. The number of amides is 2. The highest BCUT2D eigenvalue weighted by Gasteiger charge is 2.14. The highest BCUT2D eigenvalue weighted by molar-refractivity contribution is 6.30. The second kappa shape index (κ2) is 5.98. The van der Waals surface area contributed by atoms with E-state index in [2.05, 4.69) is 20.6 Å². The Balaban J connectivity index is 2.08. The molecule has 0 saturated carbocycles. The molecule has 20 heavy (non-hydrogen) atoms. The first kappa shape index (κ1) is 13.8. The SMILES string of the molecule is O=C(Nc1ccc(Cl)cc1)Nc1nccnc1C(=O)O. The molecule has 3 N–H and O–H groups in total. The van der Waals surface area contributed by atoms with Gasteiger partial charge in [-0.3, -0.25) is 5.32 Å². The second-order valence-corrected chi connectivity index (χ2v) is 4.08. The molecule has 2 amide bonds. The molecule has 0 aliphatic rings. The van der Waals surface area contributed by atoms with Crippen LogP contribution in [-0.4, -0.2) is 27.1 Å². The fraction of sp³-hybridized carbons (Fsp3) is 0. The van der Waals surface area contributed by atoms with Gasteiger partial charge in [0.05, 0.1) is 0 Å². The molecule has 0 saturated heterocycles. The number of aromatic carboxylic acids is 1. The zero-order valence-corrected chi connectivity index (χ0v) is 10.8. The van der Waals surface area contributed by atoms with Crippen molar-refractivity contribution in [1.29, 1.82) is 0 Å². The summed E-state index contributed by atoms with van der Waals surface area (Å²) in [6.07, 6.45) is 2.51. The van der Waals surface area contributed by atoms with Gasteiger partial charge in [0.1, 0.15) is 0 Å². The van der Waals surface area contributed by atoms with E-state index in [-0.39, 0.29) is 11.5 Å². The minimum absolute atomic E-state index is 0.133. The highest BCUT2D eigenvalue weighted by Crippen LogP contribution is 2.14. The van der Waals surface area contributed by atoms with Crippen molar-refractivity contribution < 1.29 is 14.7 Å². The first-order chi connectivity index (χ1) is 9.56. The maximum atomic E-state index is 11.7. The van der Waals surface area contributed by atoms with Crippen molar-refractivity contribution in [3.8, 4) is 0 Å². The van der Waals surface area contributed by atoms with Crippen LogP contribution in [0.4, 0.5) is 16.3 Å². The van der Waals surface area contributed by atoms with Gasteiger partial charge in [-0.2, -0.15) is 0 Å². The maximum Gasteiger partial charge on any atom is 0.358 e. The zero-order chi connectivity index (χ0) is 14.5. The van der Waals surface area contributed by atoms with Gasteiger partial charge in [0.15, 0.2) is 11.5 Å². The summed E-state index contributed by atoms with van der Waals surface area (Å²) in [7, 11) is 0. The minimum Gasteiger partial charge on any atom is -0.476 e. The van der Waals surface area contributed by atoms with Gasteiger partial charge in [-0.15, -0.1) is 0 Å². The van der Waals surface area contributed by atoms with Crippen LogP contribution < -0.4 is 10.6 Å². The van der Waals surface area contributed by atoms with Gasteiger partial charge in [-0.1, -0.05) is 11.6 Å². The Hall–Kier alpha value is -2.67. The van der Waals surface area contributed by atoms with E-state index in [1.807, 2.05) is 0 Å². The Kier molecular flexibility index (Phi) is 4.11. The number of hydrogen-bond donors (Lipinski definition) is 3. The molecule has 2 aromatic rings. The van der Waals surface area contributed by atoms with Gasteiger partial charge in [-0.05, 0) is 24.3 Å². The average molecular weight is 293 g/mol. The van der Waals surface area contributed by atoms with Crippen LogP contribution in [0.25, 0.3) is 0 Å². The Bertz CT molecular complexity index is 645. The molecule has 0 fully saturated rings. The third kappa shape index (κ3) is 3.42. The van der Waals surface area contributed by atoms with E-state index in [4.69, 9.17) is 16.7 Å². The van der Waals surface area contributed by atoms with E-state index >= 15 is 0 Å². The number of carboxylic acids is 1. The molecule has 0 unspecified atom stereocenters. The van der Waals surface area contributed by atoms with Crippen molar-refractivity contribution >= 4 is 35.1 Å². The molecular weight excluding hydrogens is 284 g/mol. The average Bonchev–Trinajstić information content (AvgIpc) is 2.41. The standard InChI is InChI=1S/C12H9ClN4O3/c13-7-1-3-8(4-2-7)16-12(20)17-10-9(11(18)19)14-5-6-15-10/h1-6H,(H,18,19)(H2,15,16,17,20). The number of rotatable bonds is 3. The number of aromatic nitrogens is 2. The Morgan fingerprint density at radius 3 is 2.35 bits per heavy atom. The lowest BCUT2D eigenvalue weighted by Gasteiger charge is -2.08. The number of carbonyl (C=O) groups excluding carboxylic acids is 1. The first-order valence-electron chi connectivity index (χ1n) is 5.44. The molecule has 0 bridgehead atoms. The Labute approximate surface area is 118 Å². The largest absolute Gasteiger partial charge is 0.476 e. The van der Waals surface area contributed by atoms with E-state index in [1.54, 1.807) is 24.3 Å². The van der Waals surface area contributed by atoms with Crippen LogP contribution in [0.15, 0.2) is 36.7 Å². The molecule has 0 aliphatic carbocycles. The molecule has 8 heteroatoms. The summed E-state index contributed by atoms with van der Waals surface area (Å²) in [6.45, 7) is 0. The lowest BCUT2D eigenvalue weighted by Crippen LogP contribution is -2.22. The predicted octanol–water partition coefficient (Wildman–Crippen LogP) is 2.47. The molecule has 1 heterocycles. The quantitative estimate of drug-likeness (QED) is 0.806. The maximum absolute atomic E-state index is 11.7. The van der Waals surface area contributed by atoms with Gasteiger partial charge in [0, 0.05) is 23.1 Å². The van der Waals surface area contributed by atoms with E-state index in [1.165, 1.54) is 12.4 Å². The zero-order valence-electron chi connectivity index (χ0n) is 10.0. The van der Waals surface area contributed by atoms with Gasteiger partial charge >= 0.3 is 12.0 Å². The molecular formula is C12H9ClN4O3. The lowest BCUT2D eigenvalue weighted by atomic mass is 10.3. The summed E-state index contributed by atoms with van der Waals surface area (Å²) in [4.78, 5) is 30.0. The van der Waals surface area contributed by atoms with Crippen LogP contribution in [0.3, 0.4) is 0 Å². The number of halogens is 1. The number of hydrogen-bond acceptors (Lipinski definition) is 4. The van der Waals surface area contributed by atoms with Crippen LogP contribution in [0.1, 0.15) is 10.5 Å². The van der Waals surface area contributed by atoms with Crippen LogP contribution >= 0.6 is 11.6 Å². The summed E-state index contributed by atoms with van der Waals surface area (Å²) < 4.78 is 0. The summed E-state index contributed by atoms with van der Waals surface area (Å²) in [5, 5.41) is 14.3. The van der Waals surface area contributed by atoms with E-state index in [0.29, 0.717) is 10.7 Å². The molecule has 0 aliphatic heterocycles. The number of benzene rings is 1. The van der Waals surface area contributed by atoms with Crippen molar-refractivity contribution in [2.24, 2.45) is 0 Å². The molecule has 0 atom stereocenters. The molecule has 1 aromatic carbocycles. The molecule has 0 radical (unpaired) electrons. The monoisotopic (exact) mass is 292 g/mol. The summed E-state index contributed by atoms with van der Waals surface area (Å²) >= 11 is 5.72. The summed E-state index contributed by atoms with van der Waals surface area (Å²) in [5.74, 6) is -1.41.